The number of hydrogen-bond donors (Lipinski definition) is 2. The molecule has 1 aromatic carbocycles. The standard InChI is InChI=1S/C28H22F3N5O/c1-16-12-22-27(34-15-16)25(21-4-2-3-10-32-21)26(35-22)18-9-11-33-24(13-18)36-28(37)20(14-23(30)31)17-5-7-19(29)8-6-17/h2-13,15,20,23,35H,14H2,1H3,(H,33,36,37). The molecule has 6 nitrogen and oxygen atoms in total. The maximum Gasteiger partial charge on any atom is 0.239 e. The van der Waals surface area contributed by atoms with Gasteiger partial charge in [-0.15, -0.1) is 0 Å². The molecule has 0 aliphatic rings. The van der Waals surface area contributed by atoms with Crippen molar-refractivity contribution in [1.29, 1.82) is 0 Å². The van der Waals surface area contributed by atoms with Crippen molar-refractivity contribution in [3.8, 4) is 22.5 Å². The largest absolute Gasteiger partial charge is 0.353 e. The molecule has 0 aliphatic heterocycles. The Labute approximate surface area is 210 Å². The van der Waals surface area contributed by atoms with Crippen molar-refractivity contribution in [2.75, 3.05) is 5.32 Å². The number of aromatic amines is 1. The first-order valence-electron chi connectivity index (χ1n) is 11.6. The molecule has 0 fully saturated rings. The number of pyridine rings is 3. The number of anilines is 1. The highest BCUT2D eigenvalue weighted by Gasteiger charge is 2.26. The van der Waals surface area contributed by atoms with Crippen LogP contribution < -0.4 is 5.32 Å². The lowest BCUT2D eigenvalue weighted by molar-refractivity contribution is -0.118. The van der Waals surface area contributed by atoms with E-state index in [0.717, 1.165) is 45.7 Å². The summed E-state index contributed by atoms with van der Waals surface area (Å²) in [6.07, 6.45) is 1.58. The minimum absolute atomic E-state index is 0.193. The van der Waals surface area contributed by atoms with E-state index in [9.17, 15) is 18.0 Å². The molecule has 0 bridgehead atoms. The predicted molar refractivity (Wildman–Crippen MR) is 136 cm³/mol. The number of halogens is 3. The number of H-pyrrole nitrogens is 1. The Morgan fingerprint density at radius 1 is 1.00 bits per heavy atom. The van der Waals surface area contributed by atoms with E-state index in [4.69, 9.17) is 0 Å². The third-order valence-corrected chi connectivity index (χ3v) is 5.99. The van der Waals surface area contributed by atoms with Gasteiger partial charge in [0, 0.05) is 30.6 Å². The topological polar surface area (TPSA) is 83.6 Å². The Morgan fingerprint density at radius 3 is 2.54 bits per heavy atom. The maximum absolute atomic E-state index is 13.3. The van der Waals surface area contributed by atoms with Crippen molar-refractivity contribution < 1.29 is 18.0 Å². The number of aryl methyl sites for hydroxylation is 1. The number of benzene rings is 1. The van der Waals surface area contributed by atoms with Gasteiger partial charge in [-0.2, -0.15) is 0 Å². The Bertz CT molecular complexity index is 1550. The molecule has 186 valence electrons. The van der Waals surface area contributed by atoms with Crippen molar-refractivity contribution in [2.45, 2.75) is 25.7 Å². The summed E-state index contributed by atoms with van der Waals surface area (Å²) < 4.78 is 39.9. The van der Waals surface area contributed by atoms with E-state index in [-0.39, 0.29) is 5.82 Å². The first kappa shape index (κ1) is 24.2. The fraction of sp³-hybridized carbons (Fsp3) is 0.143. The van der Waals surface area contributed by atoms with Gasteiger partial charge in [0.25, 0.3) is 0 Å². The summed E-state index contributed by atoms with van der Waals surface area (Å²) in [5.41, 5.74) is 5.80. The minimum atomic E-state index is -2.72. The summed E-state index contributed by atoms with van der Waals surface area (Å²) >= 11 is 0. The second-order valence-electron chi connectivity index (χ2n) is 8.65. The van der Waals surface area contributed by atoms with Crippen LogP contribution in [0.15, 0.2) is 79.3 Å². The molecule has 9 heteroatoms. The van der Waals surface area contributed by atoms with Gasteiger partial charge in [0.2, 0.25) is 12.3 Å². The number of nitrogens with zero attached hydrogens (tertiary/aromatic N) is 3. The molecular formula is C28H22F3N5O. The zero-order chi connectivity index (χ0) is 25.9. The summed E-state index contributed by atoms with van der Waals surface area (Å²) in [4.78, 5) is 29.8. The van der Waals surface area contributed by atoms with Crippen molar-refractivity contribution >= 4 is 22.8 Å². The van der Waals surface area contributed by atoms with Crippen LogP contribution in [0.1, 0.15) is 23.5 Å². The molecule has 0 saturated heterocycles. The van der Waals surface area contributed by atoms with Crippen LogP contribution in [0, 0.1) is 12.7 Å². The van der Waals surface area contributed by atoms with Gasteiger partial charge in [0.05, 0.1) is 33.9 Å². The summed E-state index contributed by atoms with van der Waals surface area (Å²) in [6, 6.07) is 16.0. The van der Waals surface area contributed by atoms with Crippen LogP contribution in [-0.4, -0.2) is 32.3 Å². The summed E-state index contributed by atoms with van der Waals surface area (Å²) in [6.45, 7) is 1.95. The van der Waals surface area contributed by atoms with Gasteiger partial charge in [0.1, 0.15) is 11.6 Å². The average Bonchev–Trinajstić information content (AvgIpc) is 3.27. The van der Waals surface area contributed by atoms with Gasteiger partial charge in [-0.05, 0) is 60.5 Å². The zero-order valence-corrected chi connectivity index (χ0v) is 19.8. The Hall–Kier alpha value is -4.53. The lowest BCUT2D eigenvalue weighted by atomic mass is 9.95. The van der Waals surface area contributed by atoms with Crippen molar-refractivity contribution in [3.63, 3.8) is 0 Å². The monoisotopic (exact) mass is 501 g/mol. The maximum atomic E-state index is 13.3. The van der Waals surface area contributed by atoms with Crippen LogP contribution in [0.5, 0.6) is 0 Å². The number of alkyl halides is 2. The average molecular weight is 502 g/mol. The third kappa shape index (κ3) is 5.20. The van der Waals surface area contributed by atoms with E-state index >= 15 is 0 Å². The van der Waals surface area contributed by atoms with Gasteiger partial charge >= 0.3 is 0 Å². The molecule has 0 saturated carbocycles. The molecule has 0 radical (unpaired) electrons. The second kappa shape index (κ2) is 10.2. The molecule has 1 unspecified atom stereocenters. The normalized spacial score (nSPS) is 12.1. The second-order valence-corrected chi connectivity index (χ2v) is 8.65. The van der Waals surface area contributed by atoms with Crippen LogP contribution in [0.2, 0.25) is 0 Å². The molecule has 5 aromatic rings. The molecule has 5 rings (SSSR count). The summed E-state index contributed by atoms with van der Waals surface area (Å²) in [5, 5.41) is 2.65. The Balaban J connectivity index is 1.52. The zero-order valence-electron chi connectivity index (χ0n) is 19.8. The SMILES string of the molecule is Cc1cnc2c(-c3ccccn3)c(-c3ccnc(NC(=O)C(CC(F)F)c4ccc(F)cc4)c3)[nH]c2c1. The summed E-state index contributed by atoms with van der Waals surface area (Å²) in [5.74, 6) is -2.15. The molecule has 1 amide bonds. The van der Waals surface area contributed by atoms with E-state index < -0.39 is 30.5 Å². The first-order valence-corrected chi connectivity index (χ1v) is 11.6. The number of nitrogens with one attached hydrogen (secondary N) is 2. The quantitative estimate of drug-likeness (QED) is 0.266. The molecule has 4 heterocycles. The van der Waals surface area contributed by atoms with E-state index in [2.05, 4.69) is 25.3 Å². The highest BCUT2D eigenvalue weighted by Crippen LogP contribution is 2.37. The number of rotatable bonds is 7. The highest BCUT2D eigenvalue weighted by atomic mass is 19.3. The number of hydrogen-bond acceptors (Lipinski definition) is 4. The number of carbonyl (C=O) groups excluding carboxylic acids is 1. The number of carbonyl (C=O) groups is 1. The minimum Gasteiger partial charge on any atom is -0.353 e. The highest BCUT2D eigenvalue weighted by molar-refractivity contribution is 6.01. The number of aromatic nitrogens is 4. The van der Waals surface area contributed by atoms with Gasteiger partial charge in [0.15, 0.2) is 0 Å². The van der Waals surface area contributed by atoms with Crippen molar-refractivity contribution in [3.05, 3.63) is 96.2 Å². The molecule has 0 spiro atoms. The van der Waals surface area contributed by atoms with Crippen molar-refractivity contribution in [2.24, 2.45) is 0 Å². The first-order chi connectivity index (χ1) is 17.9. The molecule has 0 aliphatic carbocycles. The fourth-order valence-corrected chi connectivity index (χ4v) is 4.29. The molecule has 37 heavy (non-hydrogen) atoms. The van der Waals surface area contributed by atoms with Gasteiger partial charge in [-0.25, -0.2) is 18.2 Å². The van der Waals surface area contributed by atoms with Gasteiger partial charge < -0.3 is 10.3 Å². The molecule has 1 atom stereocenters. The van der Waals surface area contributed by atoms with Gasteiger partial charge in [-0.1, -0.05) is 18.2 Å². The summed E-state index contributed by atoms with van der Waals surface area (Å²) in [7, 11) is 0. The van der Waals surface area contributed by atoms with Crippen LogP contribution in [-0.2, 0) is 4.79 Å². The smallest absolute Gasteiger partial charge is 0.239 e. The van der Waals surface area contributed by atoms with Crippen LogP contribution >= 0.6 is 0 Å². The van der Waals surface area contributed by atoms with Crippen molar-refractivity contribution in [1.82, 2.24) is 19.9 Å². The van der Waals surface area contributed by atoms with Gasteiger partial charge in [-0.3, -0.25) is 14.8 Å². The predicted octanol–water partition coefficient (Wildman–Crippen LogP) is 6.51. The number of fused-ring (bicyclic) bond motifs is 1. The third-order valence-electron chi connectivity index (χ3n) is 5.99. The molecular weight excluding hydrogens is 479 g/mol. The lowest BCUT2D eigenvalue weighted by Crippen LogP contribution is -2.23. The van der Waals surface area contributed by atoms with Crippen LogP contribution in [0.3, 0.4) is 0 Å². The molecule has 4 aromatic heterocycles. The van der Waals surface area contributed by atoms with E-state index in [0.29, 0.717) is 11.1 Å². The Morgan fingerprint density at radius 2 is 1.81 bits per heavy atom. The van der Waals surface area contributed by atoms with E-state index in [1.54, 1.807) is 24.5 Å². The number of amides is 1. The van der Waals surface area contributed by atoms with E-state index in [1.807, 2.05) is 31.2 Å². The van der Waals surface area contributed by atoms with E-state index in [1.165, 1.54) is 18.3 Å². The lowest BCUT2D eigenvalue weighted by Gasteiger charge is -2.17. The van der Waals surface area contributed by atoms with Crippen LogP contribution in [0.4, 0.5) is 19.0 Å². The Kier molecular flexibility index (Phi) is 6.68. The van der Waals surface area contributed by atoms with Crippen LogP contribution in [0.25, 0.3) is 33.5 Å². The molecule has 2 N–H and O–H groups in total. The fourth-order valence-electron chi connectivity index (χ4n) is 4.29.